The smallest absolute Gasteiger partial charge is 0.276 e. The zero-order chi connectivity index (χ0) is 21.4. The SMILES string of the molecule is O=C(Nc1cccc(Cl)c1)c1ccc(Cn2c(=O)c3cccn3c3cccnc32)cc1. The minimum atomic E-state index is -0.229. The Hall–Kier alpha value is -3.90. The Bertz CT molecular complexity index is 1490. The van der Waals surface area contributed by atoms with E-state index in [4.69, 9.17) is 11.6 Å². The van der Waals surface area contributed by atoms with Crippen LogP contribution < -0.4 is 10.9 Å². The van der Waals surface area contributed by atoms with Crippen molar-refractivity contribution in [3.05, 3.63) is 112 Å². The number of nitrogens with zero attached hydrogens (tertiary/aromatic N) is 3. The molecule has 0 fully saturated rings. The maximum absolute atomic E-state index is 13.0. The molecule has 3 aromatic heterocycles. The second-order valence-corrected chi connectivity index (χ2v) is 7.60. The van der Waals surface area contributed by atoms with Crippen LogP contribution in [0.15, 0.2) is 90.0 Å². The lowest BCUT2D eigenvalue weighted by Gasteiger charge is -2.12. The van der Waals surface area contributed by atoms with Gasteiger partial charge in [-0.05, 0) is 60.2 Å². The van der Waals surface area contributed by atoms with Crippen LogP contribution in [-0.4, -0.2) is 19.9 Å². The number of halogens is 1. The molecule has 0 atom stereocenters. The van der Waals surface area contributed by atoms with Crippen molar-refractivity contribution in [2.45, 2.75) is 6.54 Å². The van der Waals surface area contributed by atoms with Crippen LogP contribution >= 0.6 is 11.6 Å². The van der Waals surface area contributed by atoms with Crippen LogP contribution in [0.2, 0.25) is 5.02 Å². The average molecular weight is 429 g/mol. The van der Waals surface area contributed by atoms with Crippen molar-refractivity contribution < 1.29 is 4.79 Å². The van der Waals surface area contributed by atoms with Gasteiger partial charge in [0.1, 0.15) is 5.52 Å². The van der Waals surface area contributed by atoms with Crippen LogP contribution in [0.4, 0.5) is 5.69 Å². The summed E-state index contributed by atoms with van der Waals surface area (Å²) in [6.45, 7) is 0.351. The third kappa shape index (κ3) is 3.58. The van der Waals surface area contributed by atoms with E-state index in [0.717, 1.165) is 11.1 Å². The molecule has 152 valence electrons. The van der Waals surface area contributed by atoms with Gasteiger partial charge in [0.05, 0.1) is 12.1 Å². The van der Waals surface area contributed by atoms with Crippen molar-refractivity contribution in [2.75, 3.05) is 5.32 Å². The normalized spacial score (nSPS) is 11.1. The van der Waals surface area contributed by atoms with Gasteiger partial charge < -0.3 is 9.72 Å². The summed E-state index contributed by atoms with van der Waals surface area (Å²) < 4.78 is 3.51. The van der Waals surface area contributed by atoms with Crippen molar-refractivity contribution in [1.29, 1.82) is 0 Å². The van der Waals surface area contributed by atoms with Gasteiger partial charge in [-0.3, -0.25) is 14.2 Å². The number of carbonyl (C=O) groups excluding carboxylic acids is 1. The lowest BCUT2D eigenvalue weighted by atomic mass is 10.1. The fraction of sp³-hybridized carbons (Fsp3) is 0.0417. The highest BCUT2D eigenvalue weighted by Gasteiger charge is 2.12. The Morgan fingerprint density at radius 2 is 1.77 bits per heavy atom. The first kappa shape index (κ1) is 19.1. The van der Waals surface area contributed by atoms with E-state index in [0.29, 0.717) is 34.0 Å². The van der Waals surface area contributed by atoms with E-state index in [-0.39, 0.29) is 11.5 Å². The summed E-state index contributed by atoms with van der Waals surface area (Å²) in [5.41, 5.74) is 3.99. The molecule has 31 heavy (non-hydrogen) atoms. The molecule has 0 saturated carbocycles. The van der Waals surface area contributed by atoms with E-state index < -0.39 is 0 Å². The lowest BCUT2D eigenvalue weighted by molar-refractivity contribution is 0.102. The number of pyridine rings is 1. The Balaban J connectivity index is 1.45. The molecule has 0 unspecified atom stereocenters. The van der Waals surface area contributed by atoms with E-state index in [1.165, 1.54) is 0 Å². The molecule has 7 heteroatoms. The van der Waals surface area contributed by atoms with Crippen molar-refractivity contribution in [2.24, 2.45) is 0 Å². The van der Waals surface area contributed by atoms with Gasteiger partial charge >= 0.3 is 0 Å². The third-order valence-electron chi connectivity index (χ3n) is 5.13. The van der Waals surface area contributed by atoms with Gasteiger partial charge in [-0.1, -0.05) is 29.8 Å². The predicted molar refractivity (Wildman–Crippen MR) is 122 cm³/mol. The summed E-state index contributed by atoms with van der Waals surface area (Å²) in [6, 6.07) is 21.6. The maximum Gasteiger partial charge on any atom is 0.276 e. The van der Waals surface area contributed by atoms with Crippen LogP contribution in [-0.2, 0) is 6.54 Å². The van der Waals surface area contributed by atoms with Gasteiger partial charge in [0.25, 0.3) is 11.5 Å². The highest BCUT2D eigenvalue weighted by Crippen LogP contribution is 2.17. The quantitative estimate of drug-likeness (QED) is 0.454. The van der Waals surface area contributed by atoms with Gasteiger partial charge in [-0.25, -0.2) is 4.98 Å². The number of rotatable bonds is 4. The number of anilines is 1. The molecular weight excluding hydrogens is 412 g/mol. The molecule has 2 aromatic carbocycles. The first-order valence-corrected chi connectivity index (χ1v) is 10.1. The molecule has 0 aliphatic carbocycles. The molecule has 0 radical (unpaired) electrons. The Morgan fingerprint density at radius 3 is 2.58 bits per heavy atom. The van der Waals surface area contributed by atoms with Crippen LogP contribution in [0.25, 0.3) is 16.7 Å². The van der Waals surface area contributed by atoms with E-state index in [1.54, 1.807) is 53.2 Å². The summed E-state index contributed by atoms with van der Waals surface area (Å²) in [7, 11) is 0. The molecule has 0 saturated heterocycles. The number of aromatic nitrogens is 3. The number of hydrogen-bond donors (Lipinski definition) is 1. The van der Waals surface area contributed by atoms with Gasteiger partial charge in [-0.15, -0.1) is 0 Å². The average Bonchev–Trinajstić information content (AvgIpc) is 3.27. The third-order valence-corrected chi connectivity index (χ3v) is 5.37. The number of benzene rings is 2. The van der Waals surface area contributed by atoms with E-state index in [1.807, 2.05) is 40.9 Å². The molecule has 5 rings (SSSR count). The predicted octanol–water partition coefficient (Wildman–Crippen LogP) is 4.60. The molecule has 1 N–H and O–H groups in total. The van der Waals surface area contributed by atoms with E-state index >= 15 is 0 Å². The van der Waals surface area contributed by atoms with E-state index in [2.05, 4.69) is 10.3 Å². The molecule has 0 aliphatic rings. The topological polar surface area (TPSA) is 68.4 Å². The van der Waals surface area contributed by atoms with Crippen LogP contribution in [0.1, 0.15) is 15.9 Å². The zero-order valence-corrected chi connectivity index (χ0v) is 17.1. The standard InChI is InChI=1S/C24H17ClN4O2/c25-18-4-1-5-19(14-18)27-23(30)17-10-8-16(9-11-17)15-29-22-20(6-2-12-26-22)28-13-3-7-21(28)24(29)31/h1-14H,15H2,(H,27,30). The maximum atomic E-state index is 13.0. The first-order valence-electron chi connectivity index (χ1n) is 9.70. The molecule has 6 nitrogen and oxygen atoms in total. The second kappa shape index (κ2) is 7.74. The van der Waals surface area contributed by atoms with Crippen molar-refractivity contribution in [3.63, 3.8) is 0 Å². The molecule has 3 heterocycles. The van der Waals surface area contributed by atoms with Crippen molar-refractivity contribution >= 4 is 39.9 Å². The number of hydrogen-bond acceptors (Lipinski definition) is 3. The fourth-order valence-electron chi connectivity index (χ4n) is 3.64. The Labute approximate surface area is 182 Å². The van der Waals surface area contributed by atoms with Gasteiger partial charge in [-0.2, -0.15) is 0 Å². The molecule has 0 spiro atoms. The summed E-state index contributed by atoms with van der Waals surface area (Å²) >= 11 is 5.97. The summed E-state index contributed by atoms with van der Waals surface area (Å²) in [5.74, 6) is -0.229. The lowest BCUT2D eigenvalue weighted by Crippen LogP contribution is -2.24. The molecule has 1 amide bonds. The number of carbonyl (C=O) groups is 1. The molecule has 0 bridgehead atoms. The van der Waals surface area contributed by atoms with Gasteiger partial charge in [0.2, 0.25) is 0 Å². The summed E-state index contributed by atoms with van der Waals surface area (Å²) in [5, 5.41) is 3.38. The molecule has 0 aliphatic heterocycles. The van der Waals surface area contributed by atoms with Crippen LogP contribution in [0, 0.1) is 0 Å². The van der Waals surface area contributed by atoms with Crippen LogP contribution in [0.5, 0.6) is 0 Å². The van der Waals surface area contributed by atoms with Crippen molar-refractivity contribution in [1.82, 2.24) is 14.0 Å². The minimum Gasteiger partial charge on any atom is -0.322 e. The van der Waals surface area contributed by atoms with Crippen LogP contribution in [0.3, 0.4) is 0 Å². The summed E-state index contributed by atoms with van der Waals surface area (Å²) in [4.78, 5) is 30.0. The first-order chi connectivity index (χ1) is 15.1. The number of amides is 1. The Morgan fingerprint density at radius 1 is 0.968 bits per heavy atom. The van der Waals surface area contributed by atoms with Gasteiger partial charge in [0, 0.05) is 28.7 Å². The fourth-order valence-corrected chi connectivity index (χ4v) is 3.83. The Kier molecular flexibility index (Phi) is 4.76. The van der Waals surface area contributed by atoms with E-state index in [9.17, 15) is 9.59 Å². The number of nitrogens with one attached hydrogen (secondary N) is 1. The minimum absolute atomic E-state index is 0.112. The highest BCUT2D eigenvalue weighted by atomic mass is 35.5. The monoisotopic (exact) mass is 428 g/mol. The molecular formula is C24H17ClN4O2. The zero-order valence-electron chi connectivity index (χ0n) is 16.3. The highest BCUT2D eigenvalue weighted by molar-refractivity contribution is 6.31. The second-order valence-electron chi connectivity index (χ2n) is 7.16. The molecule has 5 aromatic rings. The van der Waals surface area contributed by atoms with Crippen molar-refractivity contribution in [3.8, 4) is 0 Å². The van der Waals surface area contributed by atoms with Gasteiger partial charge in [0.15, 0.2) is 5.65 Å². The number of fused-ring (bicyclic) bond motifs is 3. The summed E-state index contributed by atoms with van der Waals surface area (Å²) in [6.07, 6.45) is 3.54. The largest absolute Gasteiger partial charge is 0.322 e.